The number of para-hydroxylation sites is 1. The summed E-state index contributed by atoms with van der Waals surface area (Å²) in [4.78, 5) is 12.3. The van der Waals surface area contributed by atoms with Gasteiger partial charge in [-0.1, -0.05) is 18.2 Å². The smallest absolute Gasteiger partial charge is 0.261 e. The first-order valence-electron chi connectivity index (χ1n) is 8.24. The van der Waals surface area contributed by atoms with E-state index in [1.165, 1.54) is 24.3 Å². The molecule has 0 spiro atoms. The minimum atomic E-state index is -3.67. The lowest BCUT2D eigenvalue weighted by Crippen LogP contribution is -2.37. The fourth-order valence-corrected chi connectivity index (χ4v) is 3.81. The van der Waals surface area contributed by atoms with Crippen LogP contribution >= 0.6 is 12.4 Å². The molecule has 26 heavy (non-hydrogen) atoms. The largest absolute Gasteiger partial charge is 0.350 e. The molecule has 1 aliphatic rings. The third kappa shape index (κ3) is 5.20. The molecule has 8 heteroatoms. The summed E-state index contributed by atoms with van der Waals surface area (Å²) >= 11 is 0. The number of benzene rings is 2. The van der Waals surface area contributed by atoms with Gasteiger partial charge in [-0.2, -0.15) is 0 Å². The maximum atomic E-state index is 12.4. The summed E-state index contributed by atoms with van der Waals surface area (Å²) in [5.74, 6) is -0.200. The highest BCUT2D eigenvalue weighted by molar-refractivity contribution is 7.92. The highest BCUT2D eigenvalue weighted by Crippen LogP contribution is 2.16. The molecular weight excluding hydrogens is 374 g/mol. The van der Waals surface area contributed by atoms with Crippen LogP contribution in [0.5, 0.6) is 0 Å². The van der Waals surface area contributed by atoms with Crippen molar-refractivity contribution in [3.8, 4) is 0 Å². The maximum Gasteiger partial charge on any atom is 0.261 e. The molecule has 0 bridgehead atoms. The van der Waals surface area contributed by atoms with Crippen molar-refractivity contribution in [2.75, 3.05) is 17.8 Å². The Morgan fingerprint density at radius 1 is 1.08 bits per heavy atom. The molecule has 1 amide bonds. The van der Waals surface area contributed by atoms with Gasteiger partial charge in [0.15, 0.2) is 0 Å². The number of carbonyl (C=O) groups excluding carboxylic acids is 1. The lowest BCUT2D eigenvalue weighted by atomic mass is 10.2. The first-order valence-corrected chi connectivity index (χ1v) is 9.72. The van der Waals surface area contributed by atoms with Gasteiger partial charge in [0.05, 0.1) is 4.90 Å². The van der Waals surface area contributed by atoms with E-state index in [1.807, 2.05) is 6.07 Å². The Balaban J connectivity index is 0.00000243. The van der Waals surface area contributed by atoms with Crippen LogP contribution in [-0.2, 0) is 10.0 Å². The van der Waals surface area contributed by atoms with Crippen molar-refractivity contribution < 1.29 is 13.2 Å². The fraction of sp³-hybridized carbons (Fsp3) is 0.278. The van der Waals surface area contributed by atoms with E-state index < -0.39 is 10.0 Å². The molecule has 0 radical (unpaired) electrons. The minimum absolute atomic E-state index is 0. The maximum absolute atomic E-state index is 12.4. The zero-order valence-corrected chi connectivity index (χ0v) is 15.8. The lowest BCUT2D eigenvalue weighted by Gasteiger charge is -2.12. The van der Waals surface area contributed by atoms with Gasteiger partial charge < -0.3 is 10.6 Å². The van der Waals surface area contributed by atoms with Gasteiger partial charge in [0.2, 0.25) is 0 Å². The van der Waals surface area contributed by atoms with E-state index in [2.05, 4.69) is 15.4 Å². The number of amides is 1. The third-order valence-electron chi connectivity index (χ3n) is 4.12. The summed E-state index contributed by atoms with van der Waals surface area (Å²) in [5.41, 5.74) is 0.935. The van der Waals surface area contributed by atoms with Crippen molar-refractivity contribution >= 4 is 34.0 Å². The summed E-state index contributed by atoms with van der Waals surface area (Å²) < 4.78 is 27.2. The van der Waals surface area contributed by atoms with Crippen molar-refractivity contribution in [2.24, 2.45) is 0 Å². The Bertz CT molecular complexity index is 821. The van der Waals surface area contributed by atoms with Gasteiger partial charge in [-0.05, 0) is 55.8 Å². The second-order valence-corrected chi connectivity index (χ2v) is 7.68. The van der Waals surface area contributed by atoms with Crippen LogP contribution in [0.3, 0.4) is 0 Å². The predicted octanol–water partition coefficient (Wildman–Crippen LogP) is 2.39. The molecule has 1 unspecified atom stereocenters. The van der Waals surface area contributed by atoms with Gasteiger partial charge in [-0.15, -0.1) is 12.4 Å². The van der Waals surface area contributed by atoms with E-state index in [-0.39, 0.29) is 23.2 Å². The highest BCUT2D eigenvalue weighted by atomic mass is 35.5. The van der Waals surface area contributed by atoms with E-state index in [4.69, 9.17) is 0 Å². The normalized spacial score (nSPS) is 16.5. The lowest BCUT2D eigenvalue weighted by molar-refractivity contribution is 0.0950. The van der Waals surface area contributed by atoms with Crippen LogP contribution in [0.15, 0.2) is 59.5 Å². The molecule has 1 atom stereocenters. The van der Waals surface area contributed by atoms with Crippen molar-refractivity contribution in [3.05, 3.63) is 60.2 Å². The molecule has 1 aliphatic heterocycles. The van der Waals surface area contributed by atoms with Crippen LogP contribution in [0.1, 0.15) is 23.2 Å². The average Bonchev–Trinajstić information content (AvgIpc) is 3.14. The zero-order valence-electron chi connectivity index (χ0n) is 14.1. The molecule has 0 saturated carbocycles. The number of rotatable bonds is 6. The summed E-state index contributed by atoms with van der Waals surface area (Å²) in [5, 5.41) is 6.19. The fourth-order valence-electron chi connectivity index (χ4n) is 2.75. The summed E-state index contributed by atoms with van der Waals surface area (Å²) in [7, 11) is -3.67. The Hall–Kier alpha value is -2.09. The van der Waals surface area contributed by atoms with Gasteiger partial charge in [-0.3, -0.25) is 9.52 Å². The van der Waals surface area contributed by atoms with Gasteiger partial charge in [0, 0.05) is 23.8 Å². The van der Waals surface area contributed by atoms with Crippen molar-refractivity contribution in [3.63, 3.8) is 0 Å². The first kappa shape index (κ1) is 20.2. The van der Waals surface area contributed by atoms with Crippen LogP contribution in [0.25, 0.3) is 0 Å². The van der Waals surface area contributed by atoms with Crippen LogP contribution in [-0.4, -0.2) is 33.5 Å². The summed E-state index contributed by atoms with van der Waals surface area (Å²) in [6.07, 6.45) is 2.18. The standard InChI is InChI=1S/C18H21N3O3S.ClH/c22-18(20-13-16-7-4-12-19-16)14-8-10-17(11-9-14)25(23,24)21-15-5-2-1-3-6-15;/h1-3,5-6,8-11,16,19,21H,4,7,12-13H2,(H,20,22);1H. The molecule has 2 aromatic rings. The molecule has 2 aromatic carbocycles. The van der Waals surface area contributed by atoms with Crippen molar-refractivity contribution in [1.82, 2.24) is 10.6 Å². The van der Waals surface area contributed by atoms with E-state index in [0.717, 1.165) is 19.4 Å². The quantitative estimate of drug-likeness (QED) is 0.700. The summed E-state index contributed by atoms with van der Waals surface area (Å²) in [6.45, 7) is 1.57. The Kier molecular flexibility index (Phi) is 7.02. The Labute approximate surface area is 159 Å². The molecule has 1 fully saturated rings. The van der Waals surface area contributed by atoms with Crippen LogP contribution < -0.4 is 15.4 Å². The Morgan fingerprint density at radius 2 is 1.77 bits per heavy atom. The number of sulfonamides is 1. The average molecular weight is 396 g/mol. The molecule has 3 N–H and O–H groups in total. The van der Waals surface area contributed by atoms with Crippen LogP contribution in [0, 0.1) is 0 Å². The van der Waals surface area contributed by atoms with Crippen molar-refractivity contribution in [2.45, 2.75) is 23.8 Å². The zero-order chi connectivity index (χ0) is 17.7. The predicted molar refractivity (Wildman–Crippen MR) is 104 cm³/mol. The number of hydrogen-bond acceptors (Lipinski definition) is 4. The number of nitrogens with one attached hydrogen (secondary N) is 3. The number of carbonyl (C=O) groups is 1. The second-order valence-electron chi connectivity index (χ2n) is 6.00. The second kappa shape index (κ2) is 9.02. The molecule has 140 valence electrons. The van der Waals surface area contributed by atoms with Crippen molar-refractivity contribution in [1.29, 1.82) is 0 Å². The van der Waals surface area contributed by atoms with Gasteiger partial charge in [-0.25, -0.2) is 8.42 Å². The van der Waals surface area contributed by atoms with E-state index in [1.54, 1.807) is 24.3 Å². The molecule has 3 rings (SSSR count). The first-order chi connectivity index (χ1) is 12.0. The minimum Gasteiger partial charge on any atom is -0.350 e. The van der Waals surface area contributed by atoms with E-state index in [9.17, 15) is 13.2 Å². The number of hydrogen-bond donors (Lipinski definition) is 3. The van der Waals surface area contributed by atoms with Gasteiger partial charge in [0.25, 0.3) is 15.9 Å². The van der Waals surface area contributed by atoms with E-state index >= 15 is 0 Å². The highest BCUT2D eigenvalue weighted by Gasteiger charge is 2.17. The van der Waals surface area contributed by atoms with Gasteiger partial charge in [0.1, 0.15) is 0 Å². The topological polar surface area (TPSA) is 87.3 Å². The van der Waals surface area contributed by atoms with Crippen LogP contribution in [0.2, 0.25) is 0 Å². The SMILES string of the molecule is Cl.O=C(NCC1CCCN1)c1ccc(S(=O)(=O)Nc2ccccc2)cc1. The third-order valence-corrected chi connectivity index (χ3v) is 5.52. The monoisotopic (exact) mass is 395 g/mol. The molecule has 1 heterocycles. The molecular formula is C18H22ClN3O3S. The van der Waals surface area contributed by atoms with E-state index in [0.29, 0.717) is 23.8 Å². The molecule has 1 saturated heterocycles. The molecule has 6 nitrogen and oxygen atoms in total. The number of halogens is 1. The Morgan fingerprint density at radius 3 is 2.38 bits per heavy atom. The molecule has 0 aromatic heterocycles. The summed E-state index contributed by atoms with van der Waals surface area (Å²) in [6, 6.07) is 14.9. The van der Waals surface area contributed by atoms with Gasteiger partial charge >= 0.3 is 0 Å². The van der Waals surface area contributed by atoms with Crippen LogP contribution in [0.4, 0.5) is 5.69 Å². The molecule has 0 aliphatic carbocycles. The number of anilines is 1.